The summed E-state index contributed by atoms with van der Waals surface area (Å²) in [6, 6.07) is 10.1. The van der Waals surface area contributed by atoms with Crippen LogP contribution in [0.5, 0.6) is 0 Å². The summed E-state index contributed by atoms with van der Waals surface area (Å²) in [5, 5.41) is 8.98. The van der Waals surface area contributed by atoms with E-state index < -0.39 is 0 Å². The molecule has 1 unspecified atom stereocenters. The predicted octanol–water partition coefficient (Wildman–Crippen LogP) is 2.29. The number of hydrogen-bond acceptors (Lipinski definition) is 4. The molecule has 0 N–H and O–H groups in total. The Morgan fingerprint density at radius 2 is 2.09 bits per heavy atom. The van der Waals surface area contributed by atoms with Crippen molar-refractivity contribution < 1.29 is 0 Å². The lowest BCUT2D eigenvalue weighted by molar-refractivity contribution is 0.394. The Morgan fingerprint density at radius 3 is 2.91 bits per heavy atom. The number of benzene rings is 1. The van der Waals surface area contributed by atoms with Gasteiger partial charge < -0.3 is 0 Å². The van der Waals surface area contributed by atoms with Crippen molar-refractivity contribution >= 4 is 0 Å². The van der Waals surface area contributed by atoms with E-state index in [1.54, 1.807) is 6.33 Å². The molecule has 112 valence electrons. The molecule has 1 aromatic carbocycles. The first-order valence-corrected chi connectivity index (χ1v) is 7.72. The lowest BCUT2D eigenvalue weighted by Crippen LogP contribution is -2.22. The molecule has 3 aromatic rings. The Hall–Kier alpha value is -2.50. The van der Waals surface area contributed by atoms with Gasteiger partial charge in [-0.15, -0.1) is 0 Å². The molecule has 0 fully saturated rings. The van der Waals surface area contributed by atoms with Crippen LogP contribution in [-0.4, -0.2) is 29.5 Å². The van der Waals surface area contributed by atoms with Crippen LogP contribution in [0.2, 0.25) is 0 Å². The van der Waals surface area contributed by atoms with E-state index in [9.17, 15) is 0 Å². The summed E-state index contributed by atoms with van der Waals surface area (Å²) in [5.41, 5.74) is 1.06. The maximum atomic E-state index is 4.82. The highest BCUT2D eigenvalue weighted by Crippen LogP contribution is 2.28. The zero-order valence-corrected chi connectivity index (χ0v) is 12.6. The molecule has 0 aliphatic carbocycles. The van der Waals surface area contributed by atoms with Gasteiger partial charge in [-0.2, -0.15) is 10.2 Å². The molecule has 6 nitrogen and oxygen atoms in total. The van der Waals surface area contributed by atoms with E-state index in [0.717, 1.165) is 49.0 Å². The standard InChI is InChI=1S/C16H18N6/c1-2-21-16(13-8-9-14-17-11-18-22(14)10-13)19-15(20-21)12-6-4-3-5-7-12/h3-7,11,13H,2,8-10H2,1H3. The van der Waals surface area contributed by atoms with Gasteiger partial charge in [0.15, 0.2) is 5.82 Å². The second kappa shape index (κ2) is 5.36. The summed E-state index contributed by atoms with van der Waals surface area (Å²) >= 11 is 0. The van der Waals surface area contributed by atoms with Crippen LogP contribution in [-0.2, 0) is 19.5 Å². The monoisotopic (exact) mass is 294 g/mol. The molecule has 3 heterocycles. The molecular formula is C16H18N6. The molecule has 22 heavy (non-hydrogen) atoms. The number of rotatable bonds is 3. The van der Waals surface area contributed by atoms with Crippen LogP contribution in [0, 0.1) is 0 Å². The van der Waals surface area contributed by atoms with Crippen LogP contribution in [0.3, 0.4) is 0 Å². The average Bonchev–Trinajstić information content (AvgIpc) is 3.21. The van der Waals surface area contributed by atoms with E-state index >= 15 is 0 Å². The van der Waals surface area contributed by atoms with Crippen molar-refractivity contribution in [3.8, 4) is 11.4 Å². The molecule has 2 aromatic heterocycles. The second-order valence-electron chi connectivity index (χ2n) is 5.57. The minimum absolute atomic E-state index is 0.346. The van der Waals surface area contributed by atoms with E-state index in [2.05, 4.69) is 34.2 Å². The van der Waals surface area contributed by atoms with Crippen LogP contribution in [0.4, 0.5) is 0 Å². The number of aryl methyl sites for hydroxylation is 2. The Labute approximate surface area is 128 Å². The summed E-state index contributed by atoms with van der Waals surface area (Å²) in [6.45, 7) is 3.77. The summed E-state index contributed by atoms with van der Waals surface area (Å²) in [4.78, 5) is 9.11. The Balaban J connectivity index is 1.69. The molecule has 0 spiro atoms. The summed E-state index contributed by atoms with van der Waals surface area (Å²) in [6.07, 6.45) is 3.63. The lowest BCUT2D eigenvalue weighted by atomic mass is 9.99. The van der Waals surface area contributed by atoms with E-state index in [0.29, 0.717) is 5.92 Å². The fraction of sp³-hybridized carbons (Fsp3) is 0.375. The van der Waals surface area contributed by atoms with Gasteiger partial charge in [0.1, 0.15) is 18.0 Å². The van der Waals surface area contributed by atoms with Gasteiger partial charge in [0, 0.05) is 24.4 Å². The van der Waals surface area contributed by atoms with E-state index in [1.165, 1.54) is 0 Å². The third-order valence-corrected chi connectivity index (χ3v) is 4.20. The predicted molar refractivity (Wildman–Crippen MR) is 82.2 cm³/mol. The van der Waals surface area contributed by atoms with E-state index in [4.69, 9.17) is 4.98 Å². The highest BCUT2D eigenvalue weighted by Gasteiger charge is 2.26. The van der Waals surface area contributed by atoms with Crippen LogP contribution in [0.15, 0.2) is 36.7 Å². The van der Waals surface area contributed by atoms with Crippen LogP contribution in [0.1, 0.15) is 30.9 Å². The molecule has 0 radical (unpaired) electrons. The molecular weight excluding hydrogens is 276 g/mol. The normalized spacial score (nSPS) is 17.4. The fourth-order valence-corrected chi connectivity index (χ4v) is 3.05. The molecule has 6 heteroatoms. The molecule has 1 aliphatic heterocycles. The van der Waals surface area contributed by atoms with E-state index in [-0.39, 0.29) is 0 Å². The van der Waals surface area contributed by atoms with Gasteiger partial charge in [-0.05, 0) is 13.3 Å². The maximum absolute atomic E-state index is 4.82. The first-order chi connectivity index (χ1) is 10.8. The summed E-state index contributed by atoms with van der Waals surface area (Å²) in [5.74, 6) is 3.28. The van der Waals surface area contributed by atoms with Crippen LogP contribution < -0.4 is 0 Å². The molecule has 0 bridgehead atoms. The van der Waals surface area contributed by atoms with Crippen molar-refractivity contribution in [1.29, 1.82) is 0 Å². The minimum atomic E-state index is 0.346. The van der Waals surface area contributed by atoms with Gasteiger partial charge in [-0.25, -0.2) is 19.3 Å². The van der Waals surface area contributed by atoms with Crippen molar-refractivity contribution in [3.63, 3.8) is 0 Å². The quantitative estimate of drug-likeness (QED) is 0.743. The van der Waals surface area contributed by atoms with Gasteiger partial charge in [-0.1, -0.05) is 30.3 Å². The highest BCUT2D eigenvalue weighted by atomic mass is 15.4. The fourth-order valence-electron chi connectivity index (χ4n) is 3.05. The van der Waals surface area contributed by atoms with Gasteiger partial charge in [0.25, 0.3) is 0 Å². The zero-order valence-electron chi connectivity index (χ0n) is 12.6. The van der Waals surface area contributed by atoms with Gasteiger partial charge in [-0.3, -0.25) is 0 Å². The van der Waals surface area contributed by atoms with E-state index in [1.807, 2.05) is 27.6 Å². The van der Waals surface area contributed by atoms with Crippen LogP contribution in [0.25, 0.3) is 11.4 Å². The Bertz CT molecular complexity index is 773. The van der Waals surface area contributed by atoms with Crippen molar-refractivity contribution in [3.05, 3.63) is 48.3 Å². The van der Waals surface area contributed by atoms with Gasteiger partial charge >= 0.3 is 0 Å². The van der Waals surface area contributed by atoms with Crippen molar-refractivity contribution in [1.82, 2.24) is 29.5 Å². The number of fused-ring (bicyclic) bond motifs is 1. The van der Waals surface area contributed by atoms with Gasteiger partial charge in [0.05, 0.1) is 6.54 Å². The van der Waals surface area contributed by atoms with Crippen molar-refractivity contribution in [2.45, 2.75) is 38.8 Å². The largest absolute Gasteiger partial charge is 0.249 e. The third-order valence-electron chi connectivity index (χ3n) is 4.20. The average molecular weight is 294 g/mol. The van der Waals surface area contributed by atoms with Crippen molar-refractivity contribution in [2.24, 2.45) is 0 Å². The molecule has 0 saturated heterocycles. The molecule has 0 amide bonds. The Morgan fingerprint density at radius 1 is 1.23 bits per heavy atom. The molecule has 0 saturated carbocycles. The first-order valence-electron chi connectivity index (χ1n) is 7.72. The maximum Gasteiger partial charge on any atom is 0.181 e. The van der Waals surface area contributed by atoms with Crippen LogP contribution >= 0.6 is 0 Å². The number of aromatic nitrogens is 6. The number of hydrogen-bond donors (Lipinski definition) is 0. The summed E-state index contributed by atoms with van der Waals surface area (Å²) < 4.78 is 4.01. The first kappa shape index (κ1) is 13.2. The smallest absolute Gasteiger partial charge is 0.181 e. The van der Waals surface area contributed by atoms with Crippen molar-refractivity contribution in [2.75, 3.05) is 0 Å². The molecule has 1 atom stereocenters. The lowest BCUT2D eigenvalue weighted by Gasteiger charge is -2.21. The molecule has 1 aliphatic rings. The Kier molecular flexibility index (Phi) is 3.21. The molecule has 4 rings (SSSR count). The second-order valence-corrected chi connectivity index (χ2v) is 5.57. The summed E-state index contributed by atoms with van der Waals surface area (Å²) in [7, 11) is 0. The number of nitrogens with zero attached hydrogens (tertiary/aromatic N) is 6. The topological polar surface area (TPSA) is 61.4 Å². The highest BCUT2D eigenvalue weighted by molar-refractivity contribution is 5.54. The van der Waals surface area contributed by atoms with Gasteiger partial charge in [0.2, 0.25) is 0 Å². The third kappa shape index (κ3) is 2.20. The minimum Gasteiger partial charge on any atom is -0.249 e. The SMILES string of the molecule is CCn1nc(-c2ccccc2)nc1C1CCc2ncnn2C1. The zero-order chi connectivity index (χ0) is 14.9.